The van der Waals surface area contributed by atoms with Gasteiger partial charge < -0.3 is 195 Å². The van der Waals surface area contributed by atoms with Crippen molar-refractivity contribution in [2.45, 2.75) is 454 Å². The first-order chi connectivity index (χ1) is 63.6. The zero-order chi connectivity index (χ0) is 99.5. The molecule has 46 nitrogen and oxygen atoms in total. The molecule has 46 heteroatoms. The number of aliphatic carboxylic acids is 3. The van der Waals surface area contributed by atoms with Crippen LogP contribution in [0.3, 0.4) is 0 Å². The quantitative estimate of drug-likeness (QED) is 0.0258. The normalized spacial score (nSPS) is 34.3. The molecule has 778 valence electrons. The van der Waals surface area contributed by atoms with E-state index < -0.39 is 332 Å². The van der Waals surface area contributed by atoms with Gasteiger partial charge >= 0.3 is 17.9 Å². The lowest BCUT2D eigenvalue weighted by molar-refractivity contribution is -0.404. The monoisotopic (exact) mass is 1940 g/mol. The van der Waals surface area contributed by atoms with Gasteiger partial charge in [0, 0.05) is 58.8 Å². The molecule has 6 heterocycles. The molecule has 4 amide bonds. The number of carboxylic acids is 3. The van der Waals surface area contributed by atoms with E-state index in [1.165, 1.54) is 83.5 Å². The first kappa shape index (κ1) is 117. The summed E-state index contributed by atoms with van der Waals surface area (Å²) in [5.74, 6) is -23.5. The van der Waals surface area contributed by atoms with Crippen LogP contribution in [0.25, 0.3) is 0 Å². The third-order valence-electron chi connectivity index (χ3n) is 25.6. The molecule has 6 aliphatic rings. The number of rotatable bonds is 63. The molecular formula is C88H154N4O42. The predicted octanol–water partition coefficient (Wildman–Crippen LogP) is -3.98. The van der Waals surface area contributed by atoms with Crippen molar-refractivity contribution in [1.82, 2.24) is 21.3 Å². The van der Waals surface area contributed by atoms with Gasteiger partial charge in [-0.15, -0.1) is 0 Å². The molecule has 0 radical (unpaired) electrons. The van der Waals surface area contributed by atoms with Crippen LogP contribution >= 0.6 is 0 Å². The van der Waals surface area contributed by atoms with Crippen LogP contribution < -0.4 is 21.3 Å². The smallest absolute Gasteiger partial charge is 0.364 e. The first-order valence-corrected chi connectivity index (χ1v) is 47.4. The average molecular weight is 1940 g/mol. The van der Waals surface area contributed by atoms with Gasteiger partial charge in [0.1, 0.15) is 122 Å². The Hall–Kier alpha value is -5.28. The summed E-state index contributed by atoms with van der Waals surface area (Å²) in [5, 5.41) is 261. The van der Waals surface area contributed by atoms with Crippen LogP contribution in [0.15, 0.2) is 0 Å². The number of Topliss-reactive ketones (excluding diaryl/α,β-unsaturated/α-hetero) is 1. The minimum absolute atomic E-state index is 0.106. The van der Waals surface area contributed by atoms with Crippen LogP contribution in [-0.4, -0.2) is 413 Å². The van der Waals surface area contributed by atoms with Crippen molar-refractivity contribution in [2.24, 2.45) is 5.92 Å². The van der Waals surface area contributed by atoms with E-state index in [9.17, 15) is 151 Å². The van der Waals surface area contributed by atoms with Gasteiger partial charge in [-0.1, -0.05) is 174 Å². The second kappa shape index (κ2) is 58.2. The Morgan fingerprint density at radius 1 is 0.396 bits per heavy atom. The number of hydrogen-bond donors (Lipinski definition) is 26. The van der Waals surface area contributed by atoms with E-state index in [2.05, 4.69) is 35.1 Å². The topological polar surface area (TPSA) is 741 Å². The number of unbranched alkanes of at least 4 members (excludes halogenated alkanes) is 24. The van der Waals surface area contributed by atoms with Crippen molar-refractivity contribution in [1.29, 1.82) is 0 Å². The van der Waals surface area contributed by atoms with E-state index in [1.54, 1.807) is 0 Å². The summed E-state index contributed by atoms with van der Waals surface area (Å²) in [6.07, 6.45) is -38.3. The van der Waals surface area contributed by atoms with E-state index in [4.69, 9.17) is 56.8 Å². The summed E-state index contributed by atoms with van der Waals surface area (Å²) >= 11 is 0. The van der Waals surface area contributed by atoms with Crippen LogP contribution in [-0.2, 0) is 95.2 Å². The molecule has 6 fully saturated rings. The summed E-state index contributed by atoms with van der Waals surface area (Å²) in [6, 6.07) is -7.19. The standard InChI is InChI=1S/C88H154N4O42/c1-7-9-11-13-15-17-19-21-23-25-27-29-31-33-52(103)51(92-62(108)34-32-30-28-26-24-22-20-18-16-14-12-10-8-2)45-123-81-72(115)71(114)74(60(43-97)125-81)127-82-73(116)79(75(61(44-98)126-82)128-80-50(35-46(3)99)66(109)68(111)57(40-94)124-80)134-88(85(121)122)38-55(106)65(91-49(6)102)78(133-88)70(113)59(42-96)130-87(84(119)120)37-54(105)64(90-48(5)101)77(132-87)69(112)58(41-95)129-86(83(117)118)36-53(104)63(89-47(4)100)76(131-86)67(110)56(107)39-93/h50-61,63-82,93-98,103-107,109-116H,7-45H2,1-6H3,(H,89,100)(H,90,101)(H,91,102)(H,92,108)(H,117,118)(H,119,120)(H,121,122). The fourth-order valence-electron chi connectivity index (χ4n) is 18.2. The molecule has 26 N–H and O–H groups in total. The van der Waals surface area contributed by atoms with Gasteiger partial charge in [0.15, 0.2) is 18.9 Å². The number of aliphatic hydroxyl groups is 19. The lowest BCUT2D eigenvalue weighted by Crippen LogP contribution is -2.72. The molecule has 0 aromatic carbocycles. The summed E-state index contributed by atoms with van der Waals surface area (Å²) < 4.78 is 72.0. The Labute approximate surface area is 779 Å². The highest BCUT2D eigenvalue weighted by atomic mass is 16.8. The molecule has 0 spiro atoms. The summed E-state index contributed by atoms with van der Waals surface area (Å²) in [7, 11) is 0. The van der Waals surface area contributed by atoms with Crippen molar-refractivity contribution >= 4 is 47.3 Å². The Morgan fingerprint density at radius 3 is 1.16 bits per heavy atom. The minimum atomic E-state index is -3.70. The zero-order valence-corrected chi connectivity index (χ0v) is 77.6. The lowest BCUT2D eigenvalue weighted by atomic mass is 9.86. The number of carbonyl (C=O) groups is 8. The molecule has 0 bridgehead atoms. The Morgan fingerprint density at radius 2 is 0.769 bits per heavy atom. The molecule has 35 atom stereocenters. The van der Waals surface area contributed by atoms with E-state index in [0.29, 0.717) is 12.8 Å². The number of aliphatic hydroxyl groups excluding tert-OH is 19. The first-order valence-electron chi connectivity index (χ1n) is 47.4. The van der Waals surface area contributed by atoms with Crippen LogP contribution in [0, 0.1) is 5.92 Å². The van der Waals surface area contributed by atoms with Gasteiger partial charge in [-0.2, -0.15) is 0 Å². The molecule has 35 unspecified atom stereocenters. The Kier molecular flexibility index (Phi) is 51.0. The number of carbonyl (C=O) groups excluding carboxylic acids is 5. The molecule has 134 heavy (non-hydrogen) atoms. The highest BCUT2D eigenvalue weighted by Gasteiger charge is 2.65. The minimum Gasteiger partial charge on any atom is -0.477 e. The van der Waals surface area contributed by atoms with Crippen molar-refractivity contribution in [3.8, 4) is 0 Å². The van der Waals surface area contributed by atoms with Crippen molar-refractivity contribution < 1.29 is 208 Å². The number of nitrogens with one attached hydrogen (secondary N) is 4. The molecule has 0 aromatic rings. The van der Waals surface area contributed by atoms with Gasteiger partial charge in [-0.05, 0) is 19.8 Å². The van der Waals surface area contributed by atoms with Crippen LogP contribution in [0.5, 0.6) is 0 Å². The highest BCUT2D eigenvalue weighted by Crippen LogP contribution is 2.45. The molecule has 6 rings (SSSR count). The fourth-order valence-corrected chi connectivity index (χ4v) is 18.2. The average Bonchev–Trinajstić information content (AvgIpc) is 0.743. The molecule has 6 aliphatic heterocycles. The molecule has 0 aromatic heterocycles. The highest BCUT2D eigenvalue weighted by molar-refractivity contribution is 5.79. The number of ketones is 1. The maximum atomic E-state index is 14.4. The number of ether oxygens (including phenoxy) is 12. The molecule has 6 saturated heterocycles. The van der Waals surface area contributed by atoms with E-state index in [0.717, 1.165) is 98.3 Å². The van der Waals surface area contributed by atoms with Gasteiger partial charge in [0.2, 0.25) is 23.6 Å². The summed E-state index contributed by atoms with van der Waals surface area (Å²) in [6.45, 7) is -0.534. The Balaban J connectivity index is 1.32. The van der Waals surface area contributed by atoms with Crippen molar-refractivity contribution in [3.05, 3.63) is 0 Å². The van der Waals surface area contributed by atoms with Gasteiger partial charge in [0.05, 0.1) is 101 Å². The SMILES string of the molecule is CCCCCCCCCCCCCCCC(=O)NC(COC1OC(CO)C(OC2OC(CO)C(OC3OC(CO)C(O)C(O)C3CC(C)=O)C(OC3(C(=O)O)CC(O)C(NC(C)=O)C(C(O)C(CO)OC4(C(=O)O)CC(O)C(NC(C)=O)C(C(O)C(CO)OC5(C(=O)O)CC(O)C(NC(C)=O)C(C(O)C(O)CO)O5)O4)O3)C2O)C(O)C1O)C(O)CCCCCCCCCCCCCCC. The largest absolute Gasteiger partial charge is 0.477 e. The maximum absolute atomic E-state index is 14.4. The Bertz CT molecular complexity index is 3480. The van der Waals surface area contributed by atoms with Crippen LogP contribution in [0.4, 0.5) is 0 Å². The molecule has 0 aliphatic carbocycles. The maximum Gasteiger partial charge on any atom is 0.364 e. The van der Waals surface area contributed by atoms with Gasteiger partial charge in [-0.3, -0.25) is 19.2 Å². The summed E-state index contributed by atoms with van der Waals surface area (Å²) in [4.78, 5) is 107. The molecular weight excluding hydrogens is 1780 g/mol. The van der Waals surface area contributed by atoms with E-state index in [-0.39, 0.29) is 12.8 Å². The number of carboxylic acid groups (broad SMARTS) is 3. The third-order valence-corrected chi connectivity index (χ3v) is 25.6. The fraction of sp³-hybridized carbons (Fsp3) is 0.909. The zero-order valence-electron chi connectivity index (χ0n) is 77.6. The van der Waals surface area contributed by atoms with E-state index >= 15 is 0 Å². The second-order valence-corrected chi connectivity index (χ2v) is 36.4. The number of amides is 4. The third kappa shape index (κ3) is 33.4. The lowest BCUT2D eigenvalue weighted by Gasteiger charge is -2.53. The summed E-state index contributed by atoms with van der Waals surface area (Å²) in [5.41, 5.74) is 0. The van der Waals surface area contributed by atoms with Crippen molar-refractivity contribution in [3.63, 3.8) is 0 Å². The number of hydrogen-bond acceptors (Lipinski definition) is 39. The predicted molar refractivity (Wildman–Crippen MR) is 461 cm³/mol. The van der Waals surface area contributed by atoms with Gasteiger partial charge in [0.25, 0.3) is 17.4 Å². The van der Waals surface area contributed by atoms with Crippen LogP contribution in [0.1, 0.15) is 247 Å². The van der Waals surface area contributed by atoms with Gasteiger partial charge in [-0.25, -0.2) is 14.4 Å². The van der Waals surface area contributed by atoms with E-state index in [1.807, 2.05) is 0 Å². The second-order valence-electron chi connectivity index (χ2n) is 36.4. The van der Waals surface area contributed by atoms with Crippen molar-refractivity contribution in [2.75, 3.05) is 46.2 Å². The van der Waals surface area contributed by atoms with Crippen LogP contribution in [0.2, 0.25) is 0 Å². The molecule has 0 saturated carbocycles.